The van der Waals surface area contributed by atoms with E-state index in [0.717, 1.165) is 11.6 Å². The second kappa shape index (κ2) is 7.34. The summed E-state index contributed by atoms with van der Waals surface area (Å²) in [4.78, 5) is 37.2. The van der Waals surface area contributed by atoms with Crippen LogP contribution in [0.5, 0.6) is 5.75 Å². The van der Waals surface area contributed by atoms with Gasteiger partial charge >= 0.3 is 5.69 Å². The minimum Gasteiger partial charge on any atom is -0.484 e. The zero-order chi connectivity index (χ0) is 23.5. The SMILES string of the molecule is Cn1c(=O)n(C)c2cc(C(=O)NC34CC(NC(=O)COc5ccc(Cl)c(F)c5)(C3)C4)ccc21. The quantitative estimate of drug-likeness (QED) is 0.575. The molecule has 0 spiro atoms. The highest BCUT2D eigenvalue weighted by Gasteiger charge is 2.69. The highest BCUT2D eigenvalue weighted by molar-refractivity contribution is 6.30. The molecular weight excluding hydrogens is 451 g/mol. The summed E-state index contributed by atoms with van der Waals surface area (Å²) in [6, 6.07) is 9.18. The highest BCUT2D eigenvalue weighted by atomic mass is 35.5. The summed E-state index contributed by atoms with van der Waals surface area (Å²) >= 11 is 5.64. The van der Waals surface area contributed by atoms with Crippen LogP contribution in [0.15, 0.2) is 41.2 Å². The fourth-order valence-corrected chi connectivity index (χ4v) is 5.18. The first-order chi connectivity index (χ1) is 15.6. The Balaban J connectivity index is 1.15. The Labute approximate surface area is 193 Å². The average molecular weight is 473 g/mol. The summed E-state index contributed by atoms with van der Waals surface area (Å²) in [5.41, 5.74) is 1.11. The van der Waals surface area contributed by atoms with Crippen LogP contribution in [0.4, 0.5) is 4.39 Å². The number of rotatable bonds is 6. The number of carbonyl (C=O) groups is 2. The lowest BCUT2D eigenvalue weighted by Crippen LogP contribution is -2.84. The van der Waals surface area contributed by atoms with E-state index < -0.39 is 5.82 Å². The first-order valence-electron chi connectivity index (χ1n) is 10.5. The molecule has 8 nitrogen and oxygen atoms in total. The van der Waals surface area contributed by atoms with Crippen molar-refractivity contribution in [3.8, 4) is 5.75 Å². The normalized spacial score (nSPS) is 22.9. The van der Waals surface area contributed by atoms with Crippen molar-refractivity contribution in [2.24, 2.45) is 14.1 Å². The Morgan fingerprint density at radius 1 is 1.03 bits per heavy atom. The molecule has 3 fully saturated rings. The number of nitrogens with zero attached hydrogens (tertiary/aromatic N) is 2. The molecule has 3 saturated carbocycles. The summed E-state index contributed by atoms with van der Waals surface area (Å²) in [5.74, 6) is -0.900. The summed E-state index contributed by atoms with van der Waals surface area (Å²) in [6.07, 6.45) is 1.91. The number of ether oxygens (including phenoxy) is 1. The monoisotopic (exact) mass is 472 g/mol. The van der Waals surface area contributed by atoms with Gasteiger partial charge in [0.15, 0.2) is 6.61 Å². The summed E-state index contributed by atoms with van der Waals surface area (Å²) in [6.45, 7) is -0.238. The molecule has 0 atom stereocenters. The van der Waals surface area contributed by atoms with E-state index in [1.54, 1.807) is 32.3 Å². The van der Waals surface area contributed by atoms with Gasteiger partial charge in [0, 0.05) is 36.8 Å². The maximum atomic E-state index is 13.5. The Morgan fingerprint density at radius 2 is 1.70 bits per heavy atom. The van der Waals surface area contributed by atoms with Gasteiger partial charge in [-0.3, -0.25) is 18.7 Å². The van der Waals surface area contributed by atoms with Crippen LogP contribution in [-0.2, 0) is 18.9 Å². The molecule has 6 rings (SSSR count). The number of nitrogens with one attached hydrogen (secondary N) is 2. The molecule has 1 aromatic heterocycles. The smallest absolute Gasteiger partial charge is 0.328 e. The van der Waals surface area contributed by atoms with Crippen molar-refractivity contribution in [3.63, 3.8) is 0 Å². The zero-order valence-corrected chi connectivity index (χ0v) is 18.8. The standard InChI is InChI=1S/C23H22ClFN4O4/c1-28-17-6-3-13(7-18(17)29(2)21(28)32)20(31)27-23-10-22(11-23,12-23)26-19(30)9-33-14-4-5-15(24)16(25)8-14/h3-8H,9-12H2,1-2H3,(H,26,30)(H,27,31). The first kappa shape index (κ1) is 21.5. The van der Waals surface area contributed by atoms with Crippen molar-refractivity contribution >= 4 is 34.4 Å². The van der Waals surface area contributed by atoms with Gasteiger partial charge in [-0.15, -0.1) is 0 Å². The zero-order valence-electron chi connectivity index (χ0n) is 18.1. The molecule has 3 aliphatic rings. The predicted octanol–water partition coefficient (Wildman–Crippen LogP) is 2.27. The van der Waals surface area contributed by atoms with Gasteiger partial charge in [-0.1, -0.05) is 11.6 Å². The third-order valence-corrected chi connectivity index (χ3v) is 6.92. The number of aryl methyl sites for hydroxylation is 2. The molecule has 10 heteroatoms. The molecule has 2 bridgehead atoms. The molecule has 2 amide bonds. The maximum absolute atomic E-state index is 13.5. The minimum absolute atomic E-state index is 0.0132. The maximum Gasteiger partial charge on any atom is 0.328 e. The molecule has 2 N–H and O–H groups in total. The number of halogens is 2. The van der Waals surface area contributed by atoms with Crippen LogP contribution < -0.4 is 21.1 Å². The predicted molar refractivity (Wildman–Crippen MR) is 120 cm³/mol. The van der Waals surface area contributed by atoms with Gasteiger partial charge in [0.25, 0.3) is 11.8 Å². The minimum atomic E-state index is -0.611. The van der Waals surface area contributed by atoms with E-state index in [4.69, 9.17) is 16.3 Å². The molecule has 33 heavy (non-hydrogen) atoms. The van der Waals surface area contributed by atoms with Crippen molar-refractivity contribution in [2.45, 2.75) is 30.3 Å². The molecule has 1 heterocycles. The van der Waals surface area contributed by atoms with Crippen molar-refractivity contribution in [2.75, 3.05) is 6.61 Å². The van der Waals surface area contributed by atoms with Crippen LogP contribution >= 0.6 is 11.6 Å². The van der Waals surface area contributed by atoms with Gasteiger partial charge in [0.2, 0.25) is 0 Å². The van der Waals surface area contributed by atoms with Gasteiger partial charge in [0.1, 0.15) is 11.6 Å². The fourth-order valence-electron chi connectivity index (χ4n) is 5.06. The number of benzene rings is 2. The lowest BCUT2D eigenvalue weighted by atomic mass is 9.44. The molecule has 3 aromatic rings. The third kappa shape index (κ3) is 3.56. The fraction of sp³-hybridized carbons (Fsp3) is 0.348. The van der Waals surface area contributed by atoms with Gasteiger partial charge in [-0.2, -0.15) is 0 Å². The number of imidazole rings is 1. The van der Waals surface area contributed by atoms with Gasteiger partial charge in [-0.25, -0.2) is 9.18 Å². The molecule has 0 unspecified atom stereocenters. The molecule has 172 valence electrons. The van der Waals surface area contributed by atoms with Crippen molar-refractivity contribution in [3.05, 3.63) is 63.3 Å². The van der Waals surface area contributed by atoms with Gasteiger partial charge in [-0.05, 0) is 49.6 Å². The van der Waals surface area contributed by atoms with E-state index in [9.17, 15) is 18.8 Å². The van der Waals surface area contributed by atoms with Crippen LogP contribution in [0.3, 0.4) is 0 Å². The Bertz CT molecular complexity index is 1360. The van der Waals surface area contributed by atoms with E-state index in [2.05, 4.69) is 10.6 Å². The van der Waals surface area contributed by atoms with E-state index in [1.807, 2.05) is 0 Å². The van der Waals surface area contributed by atoms with E-state index in [1.165, 1.54) is 21.3 Å². The number of fused-ring (bicyclic) bond motifs is 1. The van der Waals surface area contributed by atoms with Gasteiger partial charge < -0.3 is 15.4 Å². The van der Waals surface area contributed by atoms with Crippen LogP contribution in [-0.4, -0.2) is 38.6 Å². The van der Waals surface area contributed by atoms with Crippen molar-refractivity contribution in [1.29, 1.82) is 0 Å². The van der Waals surface area contributed by atoms with Crippen LogP contribution in [0.25, 0.3) is 11.0 Å². The first-order valence-corrected chi connectivity index (χ1v) is 10.9. The number of aromatic nitrogens is 2. The molecule has 2 aromatic carbocycles. The van der Waals surface area contributed by atoms with E-state index in [-0.39, 0.29) is 46.0 Å². The van der Waals surface area contributed by atoms with Crippen LogP contribution in [0.1, 0.15) is 29.6 Å². The summed E-state index contributed by atoms with van der Waals surface area (Å²) in [5, 5.41) is 6.02. The van der Waals surface area contributed by atoms with Crippen LogP contribution in [0, 0.1) is 5.82 Å². The Hall–Kier alpha value is -3.33. The van der Waals surface area contributed by atoms with Crippen LogP contribution in [0.2, 0.25) is 5.02 Å². The Morgan fingerprint density at radius 3 is 2.39 bits per heavy atom. The topological polar surface area (TPSA) is 94.4 Å². The van der Waals surface area contributed by atoms with E-state index >= 15 is 0 Å². The highest BCUT2D eigenvalue weighted by Crippen LogP contribution is 2.60. The number of hydrogen-bond acceptors (Lipinski definition) is 4. The Kier molecular flexibility index (Phi) is 4.79. The van der Waals surface area contributed by atoms with Gasteiger partial charge in [0.05, 0.1) is 16.1 Å². The lowest BCUT2D eigenvalue weighted by Gasteiger charge is -2.70. The molecule has 3 aliphatic carbocycles. The summed E-state index contributed by atoms with van der Waals surface area (Å²) < 4.78 is 21.8. The molecule has 0 aliphatic heterocycles. The summed E-state index contributed by atoms with van der Waals surface area (Å²) in [7, 11) is 3.37. The lowest BCUT2D eigenvalue weighted by molar-refractivity contribution is -0.141. The molecular formula is C23H22ClFN4O4. The second-order valence-corrected chi connectivity index (χ2v) is 9.47. The van der Waals surface area contributed by atoms with Crippen molar-refractivity contribution in [1.82, 2.24) is 19.8 Å². The third-order valence-electron chi connectivity index (χ3n) is 6.61. The second-order valence-electron chi connectivity index (χ2n) is 9.06. The number of hydrogen-bond donors (Lipinski definition) is 2. The largest absolute Gasteiger partial charge is 0.484 e. The number of carbonyl (C=O) groups excluding carboxylic acids is 2. The molecule has 0 radical (unpaired) electrons. The number of amides is 2. The average Bonchev–Trinajstić information content (AvgIpc) is 2.95. The van der Waals surface area contributed by atoms with E-state index in [0.29, 0.717) is 30.3 Å². The van der Waals surface area contributed by atoms with Crippen molar-refractivity contribution < 1.29 is 18.7 Å². The molecule has 0 saturated heterocycles.